The Kier molecular flexibility index (Phi) is 7.23. The largest absolute Gasteiger partial charge is 0.396 e. The molecule has 1 heterocycles. The van der Waals surface area contributed by atoms with E-state index in [-0.39, 0.29) is 31.3 Å². The smallest absolute Gasteiger partial charge is 0.248 e. The average Bonchev–Trinajstić information content (AvgIpc) is 2.37. The summed E-state index contributed by atoms with van der Waals surface area (Å²) in [6.45, 7) is 6.79. The Morgan fingerprint density at radius 3 is 2.67 bits per heavy atom. The standard InChI is InChI=1S/C13H26N2O3/c1-11(2)15(8-3-9-16)13(17)10-18-12-4-6-14-7-5-12/h11-12,14,16H,3-10H2,1-2H3. The summed E-state index contributed by atoms with van der Waals surface area (Å²) < 4.78 is 5.66. The van der Waals surface area contributed by atoms with Crippen molar-refractivity contribution in [1.82, 2.24) is 10.2 Å². The van der Waals surface area contributed by atoms with E-state index >= 15 is 0 Å². The average molecular weight is 258 g/mol. The fraction of sp³-hybridized carbons (Fsp3) is 0.923. The van der Waals surface area contributed by atoms with Crippen molar-refractivity contribution in [1.29, 1.82) is 0 Å². The highest BCUT2D eigenvalue weighted by Crippen LogP contribution is 2.08. The molecule has 0 aromatic heterocycles. The Balaban J connectivity index is 2.31. The summed E-state index contributed by atoms with van der Waals surface area (Å²) >= 11 is 0. The Labute approximate surface area is 109 Å². The molecule has 0 atom stereocenters. The van der Waals surface area contributed by atoms with Crippen LogP contribution in [0.25, 0.3) is 0 Å². The normalized spacial score (nSPS) is 17.1. The molecule has 1 fully saturated rings. The van der Waals surface area contributed by atoms with Crippen molar-refractivity contribution in [2.45, 2.75) is 45.3 Å². The molecule has 1 amide bonds. The summed E-state index contributed by atoms with van der Waals surface area (Å²) in [7, 11) is 0. The highest BCUT2D eigenvalue weighted by atomic mass is 16.5. The van der Waals surface area contributed by atoms with Gasteiger partial charge in [-0.05, 0) is 46.2 Å². The molecule has 5 heteroatoms. The highest BCUT2D eigenvalue weighted by Gasteiger charge is 2.19. The number of amides is 1. The maximum Gasteiger partial charge on any atom is 0.248 e. The van der Waals surface area contributed by atoms with E-state index in [0.717, 1.165) is 25.9 Å². The van der Waals surface area contributed by atoms with Gasteiger partial charge in [-0.1, -0.05) is 0 Å². The minimum absolute atomic E-state index is 0.0250. The zero-order valence-corrected chi connectivity index (χ0v) is 11.5. The molecule has 0 unspecified atom stereocenters. The SMILES string of the molecule is CC(C)N(CCCO)C(=O)COC1CCNCC1. The van der Waals surface area contributed by atoms with Crippen molar-refractivity contribution >= 4 is 5.91 Å². The Morgan fingerprint density at radius 2 is 2.11 bits per heavy atom. The fourth-order valence-electron chi connectivity index (χ4n) is 2.15. The van der Waals surface area contributed by atoms with Crippen LogP contribution < -0.4 is 5.32 Å². The van der Waals surface area contributed by atoms with E-state index in [1.165, 1.54) is 0 Å². The predicted octanol–water partition coefficient (Wildman–Crippen LogP) is 0.374. The van der Waals surface area contributed by atoms with Crippen molar-refractivity contribution in [3.63, 3.8) is 0 Å². The lowest BCUT2D eigenvalue weighted by molar-refractivity contribution is -0.140. The van der Waals surface area contributed by atoms with E-state index in [1.807, 2.05) is 13.8 Å². The third-order valence-electron chi connectivity index (χ3n) is 3.23. The zero-order valence-electron chi connectivity index (χ0n) is 11.5. The molecule has 0 aromatic rings. The molecule has 1 aliphatic rings. The second-order valence-corrected chi connectivity index (χ2v) is 5.02. The Bertz CT molecular complexity index is 240. The van der Waals surface area contributed by atoms with Gasteiger partial charge in [0.2, 0.25) is 5.91 Å². The topological polar surface area (TPSA) is 61.8 Å². The highest BCUT2D eigenvalue weighted by molar-refractivity contribution is 5.77. The Hall–Kier alpha value is -0.650. The molecule has 0 radical (unpaired) electrons. The molecule has 1 saturated heterocycles. The minimum Gasteiger partial charge on any atom is -0.396 e. The van der Waals surface area contributed by atoms with Crippen molar-refractivity contribution in [3.8, 4) is 0 Å². The number of rotatable bonds is 7. The third kappa shape index (κ3) is 5.33. The van der Waals surface area contributed by atoms with Gasteiger partial charge in [0, 0.05) is 19.2 Å². The first-order valence-corrected chi connectivity index (χ1v) is 6.87. The van der Waals surface area contributed by atoms with Crippen LogP contribution in [0, 0.1) is 0 Å². The van der Waals surface area contributed by atoms with Crippen LogP contribution in [0.1, 0.15) is 33.1 Å². The van der Waals surface area contributed by atoms with Crippen molar-refractivity contribution < 1.29 is 14.6 Å². The number of hydrogen-bond acceptors (Lipinski definition) is 4. The summed E-state index contributed by atoms with van der Waals surface area (Å²) in [6, 6.07) is 0.153. The first kappa shape index (κ1) is 15.4. The van der Waals surface area contributed by atoms with Gasteiger partial charge in [0.05, 0.1) is 6.10 Å². The zero-order chi connectivity index (χ0) is 13.4. The predicted molar refractivity (Wildman–Crippen MR) is 70.4 cm³/mol. The molecular weight excluding hydrogens is 232 g/mol. The van der Waals surface area contributed by atoms with E-state index in [0.29, 0.717) is 13.0 Å². The number of hydrogen-bond donors (Lipinski definition) is 2. The van der Waals surface area contributed by atoms with Gasteiger partial charge in [0.25, 0.3) is 0 Å². The number of carbonyl (C=O) groups excluding carboxylic acids is 1. The van der Waals surface area contributed by atoms with Gasteiger partial charge in [0.1, 0.15) is 6.61 Å². The maximum absolute atomic E-state index is 12.0. The maximum atomic E-state index is 12.0. The van der Waals surface area contributed by atoms with Crippen molar-refractivity contribution in [2.75, 3.05) is 32.8 Å². The van der Waals surface area contributed by atoms with Crippen LogP contribution in [-0.2, 0) is 9.53 Å². The summed E-state index contributed by atoms with van der Waals surface area (Å²) in [4.78, 5) is 13.8. The summed E-state index contributed by atoms with van der Waals surface area (Å²) in [5.74, 6) is 0.0250. The summed E-state index contributed by atoms with van der Waals surface area (Å²) in [5.41, 5.74) is 0. The first-order chi connectivity index (χ1) is 8.65. The Morgan fingerprint density at radius 1 is 1.44 bits per heavy atom. The lowest BCUT2D eigenvalue weighted by atomic mass is 10.1. The quantitative estimate of drug-likeness (QED) is 0.693. The lowest BCUT2D eigenvalue weighted by Crippen LogP contribution is -2.42. The lowest BCUT2D eigenvalue weighted by Gasteiger charge is -2.28. The molecule has 0 bridgehead atoms. The molecule has 0 aliphatic carbocycles. The van der Waals surface area contributed by atoms with Crippen LogP contribution in [0.2, 0.25) is 0 Å². The van der Waals surface area contributed by atoms with Gasteiger partial charge in [-0.3, -0.25) is 4.79 Å². The first-order valence-electron chi connectivity index (χ1n) is 6.87. The van der Waals surface area contributed by atoms with Crippen molar-refractivity contribution in [3.05, 3.63) is 0 Å². The van der Waals surface area contributed by atoms with Gasteiger partial charge in [-0.25, -0.2) is 0 Å². The van der Waals surface area contributed by atoms with Crippen LogP contribution in [0.15, 0.2) is 0 Å². The molecule has 0 spiro atoms. The molecule has 1 aliphatic heterocycles. The third-order valence-corrected chi connectivity index (χ3v) is 3.23. The second kappa shape index (κ2) is 8.45. The molecular formula is C13H26N2O3. The number of carbonyl (C=O) groups is 1. The van der Waals surface area contributed by atoms with Crippen LogP contribution in [0.5, 0.6) is 0 Å². The molecule has 0 saturated carbocycles. The monoisotopic (exact) mass is 258 g/mol. The number of aliphatic hydroxyl groups is 1. The fourth-order valence-corrected chi connectivity index (χ4v) is 2.15. The molecule has 18 heavy (non-hydrogen) atoms. The van der Waals surface area contributed by atoms with Crippen LogP contribution >= 0.6 is 0 Å². The van der Waals surface area contributed by atoms with Gasteiger partial charge >= 0.3 is 0 Å². The van der Waals surface area contributed by atoms with Crippen LogP contribution in [0.3, 0.4) is 0 Å². The summed E-state index contributed by atoms with van der Waals surface area (Å²) in [6.07, 6.45) is 2.79. The number of ether oxygens (including phenoxy) is 1. The molecule has 0 aromatic carbocycles. The second-order valence-electron chi connectivity index (χ2n) is 5.02. The van der Waals surface area contributed by atoms with Gasteiger partial charge < -0.3 is 20.1 Å². The molecule has 106 valence electrons. The number of piperidine rings is 1. The number of nitrogens with one attached hydrogen (secondary N) is 1. The van der Waals surface area contributed by atoms with Crippen molar-refractivity contribution in [2.24, 2.45) is 0 Å². The molecule has 1 rings (SSSR count). The minimum atomic E-state index is 0.0250. The van der Waals surface area contributed by atoms with E-state index in [1.54, 1.807) is 4.90 Å². The van der Waals surface area contributed by atoms with E-state index in [4.69, 9.17) is 9.84 Å². The van der Waals surface area contributed by atoms with Crippen LogP contribution in [-0.4, -0.2) is 60.9 Å². The van der Waals surface area contributed by atoms with Gasteiger partial charge in [0.15, 0.2) is 0 Å². The number of nitrogens with zero attached hydrogens (tertiary/aromatic N) is 1. The van der Waals surface area contributed by atoms with E-state index in [9.17, 15) is 4.79 Å². The van der Waals surface area contributed by atoms with Crippen LogP contribution in [0.4, 0.5) is 0 Å². The number of aliphatic hydroxyl groups excluding tert-OH is 1. The van der Waals surface area contributed by atoms with E-state index in [2.05, 4.69) is 5.32 Å². The molecule has 2 N–H and O–H groups in total. The summed E-state index contributed by atoms with van der Waals surface area (Å²) in [5, 5.41) is 12.1. The van der Waals surface area contributed by atoms with Gasteiger partial charge in [-0.2, -0.15) is 0 Å². The molecule has 5 nitrogen and oxygen atoms in total. The van der Waals surface area contributed by atoms with Gasteiger partial charge in [-0.15, -0.1) is 0 Å². The van der Waals surface area contributed by atoms with E-state index < -0.39 is 0 Å².